The van der Waals surface area contributed by atoms with E-state index >= 15 is 0 Å². The lowest BCUT2D eigenvalue weighted by Gasteiger charge is -1.98. The van der Waals surface area contributed by atoms with Crippen LogP contribution in [-0.4, -0.2) is 35.4 Å². The second-order valence-electron chi connectivity index (χ2n) is 6.19. The molecule has 0 spiro atoms. The molecule has 8 heteroatoms. The number of non-ortho nitro benzene ring substituents is 2. The van der Waals surface area contributed by atoms with E-state index in [1.165, 1.54) is 24.3 Å². The maximum absolute atomic E-state index is 10.7. The van der Waals surface area contributed by atoms with Crippen LogP contribution in [0.2, 0.25) is 0 Å². The van der Waals surface area contributed by atoms with Crippen LogP contribution in [-0.2, 0) is 0 Å². The first-order valence-corrected chi connectivity index (χ1v) is 9.05. The van der Waals surface area contributed by atoms with Gasteiger partial charge in [-0.2, -0.15) is 0 Å². The molecule has 28 heavy (non-hydrogen) atoms. The number of unbranched alkanes of at least 4 members (excludes halogenated alkanes) is 3. The zero-order chi connectivity index (χ0) is 20.2. The van der Waals surface area contributed by atoms with Crippen LogP contribution in [0.3, 0.4) is 0 Å². The van der Waals surface area contributed by atoms with Gasteiger partial charge in [-0.25, -0.2) is 0 Å². The number of benzene rings is 2. The van der Waals surface area contributed by atoms with Crippen molar-refractivity contribution in [2.75, 3.05) is 13.1 Å². The van der Waals surface area contributed by atoms with E-state index in [1.54, 1.807) is 36.7 Å². The fraction of sp³-hybridized carbons (Fsp3) is 0.300. The molecule has 0 aliphatic heterocycles. The Morgan fingerprint density at radius 3 is 1.86 bits per heavy atom. The summed E-state index contributed by atoms with van der Waals surface area (Å²) in [4.78, 5) is 29.1. The summed E-state index contributed by atoms with van der Waals surface area (Å²) >= 11 is 0. The van der Waals surface area contributed by atoms with Gasteiger partial charge in [0, 0.05) is 49.8 Å². The molecule has 0 unspecified atom stereocenters. The Kier molecular flexibility index (Phi) is 8.45. The third kappa shape index (κ3) is 7.45. The van der Waals surface area contributed by atoms with Crippen molar-refractivity contribution in [2.45, 2.75) is 25.7 Å². The second kappa shape index (κ2) is 11.3. The van der Waals surface area contributed by atoms with Gasteiger partial charge in [-0.3, -0.25) is 30.2 Å². The molecule has 0 bridgehead atoms. The summed E-state index contributed by atoms with van der Waals surface area (Å²) in [6.07, 6.45) is 7.41. The Morgan fingerprint density at radius 2 is 1.29 bits per heavy atom. The lowest BCUT2D eigenvalue weighted by molar-refractivity contribution is -0.385. The van der Waals surface area contributed by atoms with Gasteiger partial charge < -0.3 is 0 Å². The summed E-state index contributed by atoms with van der Waals surface area (Å²) in [5.41, 5.74) is 1.72. The van der Waals surface area contributed by atoms with Gasteiger partial charge in [-0.05, 0) is 36.1 Å². The number of nitrogens with zero attached hydrogens (tertiary/aromatic N) is 4. The highest BCUT2D eigenvalue weighted by atomic mass is 16.6. The highest BCUT2D eigenvalue weighted by Crippen LogP contribution is 2.12. The summed E-state index contributed by atoms with van der Waals surface area (Å²) in [5, 5.41) is 21.3. The van der Waals surface area contributed by atoms with Crippen LogP contribution < -0.4 is 0 Å². The van der Waals surface area contributed by atoms with E-state index in [0.717, 1.165) is 36.8 Å². The fourth-order valence-electron chi connectivity index (χ4n) is 2.50. The van der Waals surface area contributed by atoms with Crippen LogP contribution in [0.1, 0.15) is 36.8 Å². The Bertz CT molecular complexity index is 848. The molecule has 0 aliphatic rings. The Morgan fingerprint density at radius 1 is 0.714 bits per heavy atom. The van der Waals surface area contributed by atoms with Crippen LogP contribution in [0.25, 0.3) is 0 Å². The molecule has 2 rings (SSSR count). The number of hydrogen-bond donors (Lipinski definition) is 0. The zero-order valence-electron chi connectivity index (χ0n) is 15.4. The normalized spacial score (nSPS) is 11.3. The minimum Gasteiger partial charge on any atom is -0.293 e. The van der Waals surface area contributed by atoms with Gasteiger partial charge in [0.15, 0.2) is 0 Å². The fourth-order valence-corrected chi connectivity index (χ4v) is 2.50. The number of hydrogen-bond acceptors (Lipinski definition) is 6. The van der Waals surface area contributed by atoms with Crippen molar-refractivity contribution in [1.82, 2.24) is 0 Å². The van der Waals surface area contributed by atoms with Gasteiger partial charge >= 0.3 is 0 Å². The van der Waals surface area contributed by atoms with Crippen molar-refractivity contribution in [2.24, 2.45) is 9.98 Å². The monoisotopic (exact) mass is 382 g/mol. The van der Waals surface area contributed by atoms with E-state index in [1.807, 2.05) is 0 Å². The summed E-state index contributed by atoms with van der Waals surface area (Å²) in [6, 6.07) is 12.7. The molecule has 8 nitrogen and oxygen atoms in total. The Hall–Kier alpha value is -3.42. The van der Waals surface area contributed by atoms with Crippen molar-refractivity contribution in [1.29, 1.82) is 0 Å². The minimum absolute atomic E-state index is 0.0678. The van der Waals surface area contributed by atoms with Crippen molar-refractivity contribution in [3.8, 4) is 0 Å². The van der Waals surface area contributed by atoms with E-state index < -0.39 is 9.85 Å². The third-order valence-corrected chi connectivity index (χ3v) is 3.99. The number of nitro groups is 2. The molecule has 0 heterocycles. The lowest BCUT2D eigenvalue weighted by atomic mass is 10.2. The molecule has 0 fully saturated rings. The SMILES string of the molecule is O=[N+]([O-])c1ccc(C=NCCCCCCN=Cc2cccc([N+](=O)[O-])c2)cc1. The van der Waals surface area contributed by atoms with Gasteiger partial charge in [-0.1, -0.05) is 25.0 Å². The van der Waals surface area contributed by atoms with Gasteiger partial charge in [0.05, 0.1) is 9.85 Å². The van der Waals surface area contributed by atoms with Gasteiger partial charge in [0.2, 0.25) is 0 Å². The van der Waals surface area contributed by atoms with Crippen molar-refractivity contribution in [3.63, 3.8) is 0 Å². The van der Waals surface area contributed by atoms with Crippen LogP contribution in [0, 0.1) is 20.2 Å². The van der Waals surface area contributed by atoms with Crippen molar-refractivity contribution in [3.05, 3.63) is 79.9 Å². The van der Waals surface area contributed by atoms with Crippen molar-refractivity contribution >= 4 is 23.8 Å². The maximum Gasteiger partial charge on any atom is 0.270 e. The van der Waals surface area contributed by atoms with Gasteiger partial charge in [-0.15, -0.1) is 0 Å². The van der Waals surface area contributed by atoms with Crippen LogP contribution in [0.5, 0.6) is 0 Å². The topological polar surface area (TPSA) is 111 Å². The number of aliphatic imine (C=N–C) groups is 2. The van der Waals surface area contributed by atoms with Crippen LogP contribution in [0.4, 0.5) is 11.4 Å². The van der Waals surface area contributed by atoms with Crippen LogP contribution in [0.15, 0.2) is 58.5 Å². The second-order valence-corrected chi connectivity index (χ2v) is 6.19. The molecule has 0 amide bonds. The molecule has 0 N–H and O–H groups in total. The average molecular weight is 382 g/mol. The van der Waals surface area contributed by atoms with E-state index in [9.17, 15) is 20.2 Å². The smallest absolute Gasteiger partial charge is 0.270 e. The maximum atomic E-state index is 10.7. The summed E-state index contributed by atoms with van der Waals surface area (Å²) in [5.74, 6) is 0. The van der Waals surface area contributed by atoms with E-state index in [4.69, 9.17) is 0 Å². The van der Waals surface area contributed by atoms with Crippen LogP contribution >= 0.6 is 0 Å². The highest BCUT2D eigenvalue weighted by molar-refractivity contribution is 5.80. The predicted molar refractivity (Wildman–Crippen MR) is 110 cm³/mol. The predicted octanol–water partition coefficient (Wildman–Crippen LogP) is 4.60. The Labute approximate surface area is 163 Å². The minimum atomic E-state index is -0.422. The van der Waals surface area contributed by atoms with Gasteiger partial charge in [0.25, 0.3) is 11.4 Å². The van der Waals surface area contributed by atoms with Crippen molar-refractivity contribution < 1.29 is 9.85 Å². The first kappa shape index (κ1) is 20.9. The number of nitro benzene ring substituents is 2. The molecule has 0 radical (unpaired) electrons. The van der Waals surface area contributed by atoms with Gasteiger partial charge in [0.1, 0.15) is 0 Å². The zero-order valence-corrected chi connectivity index (χ0v) is 15.4. The average Bonchev–Trinajstić information content (AvgIpc) is 2.70. The molecule has 2 aromatic carbocycles. The summed E-state index contributed by atoms with van der Waals surface area (Å²) in [7, 11) is 0. The molecule has 0 atom stereocenters. The lowest BCUT2D eigenvalue weighted by Crippen LogP contribution is -1.91. The van der Waals surface area contributed by atoms with E-state index in [2.05, 4.69) is 9.98 Å². The molecule has 0 saturated carbocycles. The number of rotatable bonds is 11. The first-order chi connectivity index (χ1) is 13.6. The van der Waals surface area contributed by atoms with E-state index in [0.29, 0.717) is 13.1 Å². The Balaban J connectivity index is 1.57. The summed E-state index contributed by atoms with van der Waals surface area (Å²) < 4.78 is 0. The standard InChI is InChI=1S/C20H22N4O4/c25-23(26)19-10-8-17(9-11-19)15-21-12-3-1-2-4-13-22-16-18-6-5-7-20(14-18)24(27)28/h5-11,14-16H,1-4,12-13H2. The quantitative estimate of drug-likeness (QED) is 0.245. The molecule has 0 aliphatic carbocycles. The molecular formula is C20H22N4O4. The summed E-state index contributed by atoms with van der Waals surface area (Å²) in [6.45, 7) is 1.41. The largest absolute Gasteiger partial charge is 0.293 e. The molecular weight excluding hydrogens is 360 g/mol. The molecule has 0 saturated heterocycles. The van der Waals surface area contributed by atoms with E-state index in [-0.39, 0.29) is 11.4 Å². The molecule has 2 aromatic rings. The first-order valence-electron chi connectivity index (χ1n) is 9.05. The third-order valence-electron chi connectivity index (χ3n) is 3.99. The molecule has 146 valence electrons. The highest BCUT2D eigenvalue weighted by Gasteiger charge is 2.04. The molecule has 0 aromatic heterocycles.